The maximum absolute atomic E-state index is 9.12. The van der Waals surface area contributed by atoms with Crippen LogP contribution in [0.15, 0.2) is 30.6 Å². The predicted molar refractivity (Wildman–Crippen MR) is 61.2 cm³/mol. The number of aliphatic hydroxyl groups excluding tert-OH is 1. The van der Waals surface area contributed by atoms with Crippen molar-refractivity contribution in [1.82, 2.24) is 14.8 Å². The molecule has 2 aromatic rings. The molecule has 0 amide bonds. The van der Waals surface area contributed by atoms with Crippen LogP contribution in [0.3, 0.4) is 0 Å². The quantitative estimate of drug-likeness (QED) is 0.889. The van der Waals surface area contributed by atoms with E-state index < -0.39 is 0 Å². The Hall–Kier alpha value is -1.39. The minimum Gasteiger partial charge on any atom is -0.388 e. The average Bonchev–Trinajstić information content (AvgIpc) is 2.77. The van der Waals surface area contributed by atoms with Crippen molar-refractivity contribution < 1.29 is 5.11 Å². The first-order chi connectivity index (χ1) is 7.74. The van der Waals surface area contributed by atoms with Gasteiger partial charge in [-0.15, -0.1) is 10.2 Å². The van der Waals surface area contributed by atoms with E-state index in [1.54, 1.807) is 10.9 Å². The van der Waals surface area contributed by atoms with Crippen LogP contribution in [0.1, 0.15) is 24.4 Å². The molecule has 0 aliphatic rings. The molecule has 0 bridgehead atoms. The zero-order valence-corrected chi connectivity index (χ0v) is 9.59. The summed E-state index contributed by atoms with van der Waals surface area (Å²) in [5.74, 6) is 0.535. The lowest BCUT2D eigenvalue weighted by atomic mass is 10.1. The fourth-order valence-electron chi connectivity index (χ4n) is 1.67. The molecule has 1 heterocycles. The van der Waals surface area contributed by atoms with Gasteiger partial charge in [-0.3, -0.25) is 0 Å². The molecule has 1 aromatic carbocycles. The summed E-state index contributed by atoms with van der Waals surface area (Å²) >= 11 is 6.11. The molecule has 16 heavy (non-hydrogen) atoms. The van der Waals surface area contributed by atoms with Gasteiger partial charge in [-0.2, -0.15) is 0 Å². The molecular weight excluding hydrogens is 226 g/mol. The second-order valence-electron chi connectivity index (χ2n) is 3.51. The van der Waals surface area contributed by atoms with Crippen LogP contribution in [0.5, 0.6) is 0 Å². The first-order valence-corrected chi connectivity index (χ1v) is 5.35. The largest absolute Gasteiger partial charge is 0.388 e. The first kappa shape index (κ1) is 11.1. The highest BCUT2D eigenvalue weighted by atomic mass is 35.5. The number of aliphatic hydroxyl groups is 1. The van der Waals surface area contributed by atoms with Gasteiger partial charge in [-0.05, 0) is 18.6 Å². The van der Waals surface area contributed by atoms with Crippen molar-refractivity contribution in [1.29, 1.82) is 0 Å². The molecule has 0 aliphatic carbocycles. The van der Waals surface area contributed by atoms with Crippen LogP contribution in [0, 0.1) is 0 Å². The normalized spacial score (nSPS) is 12.7. The summed E-state index contributed by atoms with van der Waals surface area (Å²) < 4.78 is 1.81. The highest BCUT2D eigenvalue weighted by Crippen LogP contribution is 2.25. The summed E-state index contributed by atoms with van der Waals surface area (Å²) in [5.41, 5.74) is 0.985. The van der Waals surface area contributed by atoms with E-state index >= 15 is 0 Å². The summed E-state index contributed by atoms with van der Waals surface area (Å²) in [7, 11) is 0. The minimum atomic E-state index is -0.130. The summed E-state index contributed by atoms with van der Waals surface area (Å²) in [6.07, 6.45) is 1.60. The van der Waals surface area contributed by atoms with Crippen molar-refractivity contribution in [3.05, 3.63) is 47.0 Å². The maximum atomic E-state index is 9.12. The molecule has 0 aliphatic heterocycles. The SMILES string of the molecule is CC(c1ccccc1Cl)n1cnnc1CO. The van der Waals surface area contributed by atoms with E-state index in [2.05, 4.69) is 10.2 Å². The van der Waals surface area contributed by atoms with E-state index in [0.29, 0.717) is 10.8 Å². The van der Waals surface area contributed by atoms with E-state index in [-0.39, 0.29) is 12.6 Å². The van der Waals surface area contributed by atoms with Gasteiger partial charge in [0.05, 0.1) is 6.04 Å². The van der Waals surface area contributed by atoms with Crippen LogP contribution in [0.25, 0.3) is 0 Å². The van der Waals surface area contributed by atoms with Gasteiger partial charge in [0.2, 0.25) is 0 Å². The standard InChI is InChI=1S/C11H12ClN3O/c1-8(9-4-2-3-5-10(9)12)15-7-13-14-11(15)6-16/h2-5,7-8,16H,6H2,1H3. The zero-order chi connectivity index (χ0) is 11.5. The van der Waals surface area contributed by atoms with Crippen molar-refractivity contribution in [2.45, 2.75) is 19.6 Å². The molecule has 0 saturated heterocycles. The second-order valence-corrected chi connectivity index (χ2v) is 3.92. The summed E-state index contributed by atoms with van der Waals surface area (Å²) in [6.45, 7) is 1.86. The monoisotopic (exact) mass is 237 g/mol. The van der Waals surface area contributed by atoms with E-state index in [1.807, 2.05) is 31.2 Å². The molecule has 1 aromatic heterocycles. The van der Waals surface area contributed by atoms with Crippen LogP contribution < -0.4 is 0 Å². The number of nitrogens with zero attached hydrogens (tertiary/aromatic N) is 3. The van der Waals surface area contributed by atoms with Crippen molar-refractivity contribution in [2.75, 3.05) is 0 Å². The Balaban J connectivity index is 2.39. The summed E-state index contributed by atoms with van der Waals surface area (Å²) in [4.78, 5) is 0. The Labute approximate surface area is 98.5 Å². The summed E-state index contributed by atoms with van der Waals surface area (Å²) in [5, 5.41) is 17.4. The molecule has 0 fully saturated rings. The average molecular weight is 238 g/mol. The number of rotatable bonds is 3. The summed E-state index contributed by atoms with van der Waals surface area (Å²) in [6, 6.07) is 7.62. The van der Waals surface area contributed by atoms with Crippen molar-refractivity contribution in [2.24, 2.45) is 0 Å². The Morgan fingerprint density at radius 1 is 1.44 bits per heavy atom. The zero-order valence-electron chi connectivity index (χ0n) is 8.84. The van der Waals surface area contributed by atoms with Crippen LogP contribution in [0.4, 0.5) is 0 Å². The molecular formula is C11H12ClN3O. The number of hydrogen-bond donors (Lipinski definition) is 1. The number of halogens is 1. The molecule has 1 unspecified atom stereocenters. The third-order valence-electron chi connectivity index (χ3n) is 2.56. The highest BCUT2D eigenvalue weighted by molar-refractivity contribution is 6.31. The number of aromatic nitrogens is 3. The molecule has 0 spiro atoms. The van der Waals surface area contributed by atoms with Crippen LogP contribution >= 0.6 is 11.6 Å². The van der Waals surface area contributed by atoms with Gasteiger partial charge < -0.3 is 9.67 Å². The fourth-order valence-corrected chi connectivity index (χ4v) is 1.96. The van der Waals surface area contributed by atoms with E-state index in [9.17, 15) is 0 Å². The fraction of sp³-hybridized carbons (Fsp3) is 0.273. The third kappa shape index (κ3) is 1.94. The predicted octanol–water partition coefficient (Wildman–Crippen LogP) is 2.03. The van der Waals surface area contributed by atoms with E-state index in [1.165, 1.54) is 0 Å². The van der Waals surface area contributed by atoms with Crippen molar-refractivity contribution >= 4 is 11.6 Å². The Bertz CT molecular complexity index is 484. The van der Waals surface area contributed by atoms with E-state index in [4.69, 9.17) is 16.7 Å². The van der Waals surface area contributed by atoms with Crippen molar-refractivity contribution in [3.8, 4) is 0 Å². The van der Waals surface area contributed by atoms with Gasteiger partial charge in [-0.1, -0.05) is 29.8 Å². The molecule has 0 saturated carbocycles. The second kappa shape index (κ2) is 4.63. The lowest BCUT2D eigenvalue weighted by Gasteiger charge is -2.16. The third-order valence-corrected chi connectivity index (χ3v) is 2.91. The molecule has 5 heteroatoms. The molecule has 2 rings (SSSR count). The molecule has 1 atom stereocenters. The Kier molecular flexibility index (Phi) is 3.22. The first-order valence-electron chi connectivity index (χ1n) is 4.97. The van der Waals surface area contributed by atoms with Gasteiger partial charge in [0.15, 0.2) is 5.82 Å². The molecule has 1 N–H and O–H groups in total. The van der Waals surface area contributed by atoms with Gasteiger partial charge in [0.1, 0.15) is 12.9 Å². The minimum absolute atomic E-state index is 0.00542. The lowest BCUT2D eigenvalue weighted by Crippen LogP contribution is -2.10. The number of hydrogen-bond acceptors (Lipinski definition) is 3. The van der Waals surface area contributed by atoms with Crippen LogP contribution in [0.2, 0.25) is 5.02 Å². The van der Waals surface area contributed by atoms with Crippen molar-refractivity contribution in [3.63, 3.8) is 0 Å². The van der Waals surface area contributed by atoms with Gasteiger partial charge in [0.25, 0.3) is 0 Å². The molecule has 84 valence electrons. The topological polar surface area (TPSA) is 50.9 Å². The van der Waals surface area contributed by atoms with Crippen LogP contribution in [-0.4, -0.2) is 19.9 Å². The Morgan fingerprint density at radius 2 is 2.19 bits per heavy atom. The molecule has 0 radical (unpaired) electrons. The molecule has 4 nitrogen and oxygen atoms in total. The number of benzene rings is 1. The Morgan fingerprint density at radius 3 is 2.88 bits per heavy atom. The van der Waals surface area contributed by atoms with Gasteiger partial charge in [-0.25, -0.2) is 0 Å². The van der Waals surface area contributed by atoms with E-state index in [0.717, 1.165) is 5.56 Å². The lowest BCUT2D eigenvalue weighted by molar-refractivity contribution is 0.263. The maximum Gasteiger partial charge on any atom is 0.159 e. The smallest absolute Gasteiger partial charge is 0.159 e. The van der Waals surface area contributed by atoms with Gasteiger partial charge in [0, 0.05) is 5.02 Å². The highest BCUT2D eigenvalue weighted by Gasteiger charge is 2.14. The van der Waals surface area contributed by atoms with Crippen LogP contribution in [-0.2, 0) is 6.61 Å². The van der Waals surface area contributed by atoms with Gasteiger partial charge >= 0.3 is 0 Å².